The van der Waals surface area contributed by atoms with Crippen LogP contribution in [0.15, 0.2) is 42.5 Å². The van der Waals surface area contributed by atoms with Crippen molar-refractivity contribution in [3.05, 3.63) is 59.4 Å². The van der Waals surface area contributed by atoms with E-state index >= 15 is 0 Å². The lowest BCUT2D eigenvalue weighted by atomic mass is 10.1. The first-order valence-corrected chi connectivity index (χ1v) is 7.36. The molecular weight excluding hydrogens is 295 g/mol. The molecule has 0 radical (unpaired) electrons. The molecule has 0 saturated carbocycles. The third kappa shape index (κ3) is 5.21. The first-order valence-electron chi connectivity index (χ1n) is 7.36. The van der Waals surface area contributed by atoms with E-state index in [2.05, 4.69) is 0 Å². The van der Waals surface area contributed by atoms with Crippen molar-refractivity contribution in [3.8, 4) is 0 Å². The zero-order valence-corrected chi connectivity index (χ0v) is 13.3. The largest absolute Gasteiger partial charge is 0.398 e. The molecule has 0 atom stereocenters. The maximum Gasteiger partial charge on any atom is 0.164 e. The summed E-state index contributed by atoms with van der Waals surface area (Å²) in [5, 5.41) is 0. The van der Waals surface area contributed by atoms with Crippen molar-refractivity contribution < 1.29 is 14.0 Å². The predicted octanol–water partition coefficient (Wildman–Crippen LogP) is 3.86. The lowest BCUT2D eigenvalue weighted by Gasteiger charge is -2.01. The Kier molecular flexibility index (Phi) is 6.93. The Labute approximate surface area is 135 Å². The van der Waals surface area contributed by atoms with Crippen LogP contribution in [0.2, 0.25) is 0 Å². The van der Waals surface area contributed by atoms with Crippen LogP contribution in [0.1, 0.15) is 47.4 Å². The number of benzene rings is 2. The van der Waals surface area contributed by atoms with E-state index in [1.807, 2.05) is 19.1 Å². The molecule has 0 amide bonds. The van der Waals surface area contributed by atoms with Gasteiger partial charge >= 0.3 is 0 Å². The second-order valence-corrected chi connectivity index (χ2v) is 4.87. The minimum Gasteiger partial charge on any atom is -0.398 e. The van der Waals surface area contributed by atoms with Gasteiger partial charge in [-0.15, -0.1) is 0 Å². The van der Waals surface area contributed by atoms with Crippen LogP contribution in [-0.2, 0) is 0 Å². The van der Waals surface area contributed by atoms with E-state index < -0.39 is 5.82 Å². The molecule has 4 N–H and O–H groups in total. The fourth-order valence-corrected chi connectivity index (χ4v) is 1.90. The molecule has 0 aliphatic carbocycles. The van der Waals surface area contributed by atoms with E-state index in [0.29, 0.717) is 29.8 Å². The quantitative estimate of drug-likeness (QED) is 0.662. The van der Waals surface area contributed by atoms with Gasteiger partial charge in [-0.2, -0.15) is 0 Å². The molecule has 0 bridgehead atoms. The average Bonchev–Trinajstić information content (AvgIpc) is 2.56. The first-order chi connectivity index (χ1) is 10.9. The molecule has 23 heavy (non-hydrogen) atoms. The average molecular weight is 316 g/mol. The van der Waals surface area contributed by atoms with Crippen LogP contribution in [0.3, 0.4) is 0 Å². The van der Waals surface area contributed by atoms with Crippen molar-refractivity contribution in [2.75, 3.05) is 11.5 Å². The van der Waals surface area contributed by atoms with E-state index in [-0.39, 0.29) is 17.1 Å². The molecule has 0 heterocycles. The number of rotatable bonds is 4. The fraction of sp³-hybridized carbons (Fsp3) is 0.222. The molecule has 122 valence electrons. The lowest BCUT2D eigenvalue weighted by molar-refractivity contribution is 0.0981. The Balaban J connectivity index is 0.000000231. The minimum atomic E-state index is -0.430. The molecule has 2 aromatic rings. The molecule has 5 heteroatoms. The van der Waals surface area contributed by atoms with Gasteiger partial charge in [0.2, 0.25) is 0 Å². The second-order valence-electron chi connectivity index (χ2n) is 4.87. The van der Waals surface area contributed by atoms with Gasteiger partial charge in [0, 0.05) is 35.3 Å². The molecule has 0 unspecified atom stereocenters. The summed E-state index contributed by atoms with van der Waals surface area (Å²) in [7, 11) is 0. The number of Topliss-reactive ketones (excluding diaryl/α,β-unsaturated/α-hetero) is 2. The SMILES string of the molecule is CCC(=O)c1cc(F)ccc1N.CCC(=O)c1ccccc1N. The van der Waals surface area contributed by atoms with E-state index in [1.165, 1.54) is 18.2 Å². The van der Waals surface area contributed by atoms with Crippen LogP contribution >= 0.6 is 0 Å². The highest BCUT2D eigenvalue weighted by Crippen LogP contribution is 2.15. The Morgan fingerprint density at radius 1 is 0.870 bits per heavy atom. The number of hydrogen-bond acceptors (Lipinski definition) is 4. The Morgan fingerprint density at radius 2 is 1.39 bits per heavy atom. The van der Waals surface area contributed by atoms with Crippen LogP contribution in [0.25, 0.3) is 0 Å². The monoisotopic (exact) mass is 316 g/mol. The van der Waals surface area contributed by atoms with Crippen molar-refractivity contribution in [1.82, 2.24) is 0 Å². The van der Waals surface area contributed by atoms with Crippen LogP contribution in [0, 0.1) is 5.82 Å². The maximum absolute atomic E-state index is 12.6. The van der Waals surface area contributed by atoms with Crippen LogP contribution in [-0.4, -0.2) is 11.6 Å². The molecule has 4 nitrogen and oxygen atoms in total. The summed E-state index contributed by atoms with van der Waals surface area (Å²) in [5.74, 6) is -0.462. The number of nitrogens with two attached hydrogens (primary N) is 2. The van der Waals surface area contributed by atoms with E-state index in [9.17, 15) is 14.0 Å². The third-order valence-electron chi connectivity index (χ3n) is 3.22. The highest BCUT2D eigenvalue weighted by Gasteiger charge is 2.07. The van der Waals surface area contributed by atoms with Crippen molar-refractivity contribution in [3.63, 3.8) is 0 Å². The van der Waals surface area contributed by atoms with Gasteiger partial charge in [0.15, 0.2) is 11.6 Å². The summed E-state index contributed by atoms with van der Waals surface area (Å²) in [6, 6.07) is 10.9. The summed E-state index contributed by atoms with van der Waals surface area (Å²) in [6.07, 6.45) is 0.849. The van der Waals surface area contributed by atoms with Gasteiger partial charge < -0.3 is 11.5 Å². The first kappa shape index (κ1) is 18.4. The van der Waals surface area contributed by atoms with E-state index in [0.717, 1.165) is 0 Å². The van der Waals surface area contributed by atoms with Crippen molar-refractivity contribution >= 4 is 22.9 Å². The van der Waals surface area contributed by atoms with Crippen molar-refractivity contribution in [1.29, 1.82) is 0 Å². The zero-order valence-electron chi connectivity index (χ0n) is 13.3. The molecule has 2 aromatic carbocycles. The second kappa shape index (κ2) is 8.68. The normalized spacial score (nSPS) is 9.70. The molecule has 0 fully saturated rings. The number of ketones is 2. The van der Waals surface area contributed by atoms with Crippen LogP contribution in [0.4, 0.5) is 15.8 Å². The van der Waals surface area contributed by atoms with Gasteiger partial charge in [0.25, 0.3) is 0 Å². The molecule has 0 aliphatic rings. The highest BCUT2D eigenvalue weighted by molar-refractivity contribution is 6.01. The fourth-order valence-electron chi connectivity index (χ4n) is 1.90. The van der Waals surface area contributed by atoms with E-state index in [1.54, 1.807) is 19.1 Å². The van der Waals surface area contributed by atoms with Gasteiger partial charge in [0.05, 0.1) is 0 Å². The summed E-state index contributed by atoms with van der Waals surface area (Å²) in [6.45, 7) is 3.54. The topological polar surface area (TPSA) is 86.2 Å². The molecule has 0 spiro atoms. The summed E-state index contributed by atoms with van der Waals surface area (Å²) in [5.41, 5.74) is 12.9. The molecular formula is C18H21FN2O2. The van der Waals surface area contributed by atoms with Gasteiger partial charge in [-0.25, -0.2) is 4.39 Å². The number of nitrogen functional groups attached to an aromatic ring is 2. The summed E-state index contributed by atoms with van der Waals surface area (Å²) >= 11 is 0. The number of anilines is 2. The standard InChI is InChI=1S/C9H10FNO.C9H11NO/c1-2-9(12)7-5-6(10)3-4-8(7)11;1-2-9(11)7-5-3-4-6-8(7)10/h3-5H,2,11H2,1H3;3-6H,2,10H2,1H3. The minimum absolute atomic E-state index is 0.100. The molecule has 0 saturated heterocycles. The molecule has 0 aliphatic heterocycles. The third-order valence-corrected chi connectivity index (χ3v) is 3.22. The van der Waals surface area contributed by atoms with Gasteiger partial charge in [-0.1, -0.05) is 26.0 Å². The van der Waals surface area contributed by atoms with Crippen LogP contribution in [0.5, 0.6) is 0 Å². The Morgan fingerprint density at radius 3 is 1.96 bits per heavy atom. The number of carbonyl (C=O) groups excluding carboxylic acids is 2. The lowest BCUT2D eigenvalue weighted by Crippen LogP contribution is -2.02. The van der Waals surface area contributed by atoms with Crippen LogP contribution < -0.4 is 11.5 Å². The smallest absolute Gasteiger partial charge is 0.164 e. The number of carbonyl (C=O) groups is 2. The van der Waals surface area contributed by atoms with Crippen molar-refractivity contribution in [2.24, 2.45) is 0 Å². The van der Waals surface area contributed by atoms with Gasteiger partial charge in [-0.3, -0.25) is 9.59 Å². The van der Waals surface area contributed by atoms with Crippen molar-refractivity contribution in [2.45, 2.75) is 26.7 Å². The summed E-state index contributed by atoms with van der Waals surface area (Å²) in [4.78, 5) is 22.3. The van der Waals surface area contributed by atoms with Gasteiger partial charge in [-0.05, 0) is 30.3 Å². The number of hydrogen-bond donors (Lipinski definition) is 2. The number of para-hydroxylation sites is 1. The predicted molar refractivity (Wildman–Crippen MR) is 90.9 cm³/mol. The number of halogens is 1. The molecule has 2 rings (SSSR count). The Bertz CT molecular complexity index is 699. The summed E-state index contributed by atoms with van der Waals surface area (Å²) < 4.78 is 12.6. The van der Waals surface area contributed by atoms with Gasteiger partial charge in [0.1, 0.15) is 5.82 Å². The highest BCUT2D eigenvalue weighted by atomic mass is 19.1. The zero-order chi connectivity index (χ0) is 17.4. The van der Waals surface area contributed by atoms with E-state index in [4.69, 9.17) is 11.5 Å². The Hall–Kier alpha value is -2.69. The maximum atomic E-state index is 12.6. The molecule has 0 aromatic heterocycles.